The average molecular weight is 177 g/mol. The van der Waals surface area contributed by atoms with Gasteiger partial charge in [0, 0.05) is 6.04 Å². The number of hydrogen-bond acceptors (Lipinski definition) is 1. The maximum atomic E-state index is 6.12. The lowest BCUT2D eigenvalue weighted by Gasteiger charge is -2.27. The summed E-state index contributed by atoms with van der Waals surface area (Å²) in [5, 5.41) is 0. The van der Waals surface area contributed by atoms with Gasteiger partial charge in [0.05, 0.1) is 0 Å². The lowest BCUT2D eigenvalue weighted by molar-refractivity contribution is 0.327. The molecule has 1 rings (SSSR count). The highest BCUT2D eigenvalue weighted by Crippen LogP contribution is 2.30. The van der Waals surface area contributed by atoms with Crippen LogP contribution in [0.4, 0.5) is 0 Å². The first-order chi connectivity index (χ1) is 5.91. The van der Waals surface area contributed by atoms with Crippen LogP contribution in [0.25, 0.3) is 0 Å². The molecular formula is C12H19N. The summed E-state index contributed by atoms with van der Waals surface area (Å²) in [6, 6.07) is 8.58. The summed E-state index contributed by atoms with van der Waals surface area (Å²) in [6.45, 7) is 8.58. The molecule has 0 heterocycles. The molecular weight excluding hydrogens is 158 g/mol. The number of nitrogens with two attached hydrogens (primary N) is 1. The molecule has 1 heteroatoms. The van der Waals surface area contributed by atoms with Crippen molar-refractivity contribution in [2.24, 2.45) is 11.1 Å². The Bertz CT molecular complexity index is 266. The van der Waals surface area contributed by atoms with Crippen LogP contribution in [0.2, 0.25) is 0 Å². The number of benzene rings is 1. The topological polar surface area (TPSA) is 26.0 Å². The van der Waals surface area contributed by atoms with Crippen LogP contribution in [-0.4, -0.2) is 0 Å². The fraction of sp³-hybridized carbons (Fsp3) is 0.500. The predicted molar refractivity (Wildman–Crippen MR) is 57.6 cm³/mol. The Morgan fingerprint density at radius 1 is 1.08 bits per heavy atom. The number of aryl methyl sites for hydroxylation is 1. The maximum Gasteiger partial charge on any atom is 0.0344 e. The van der Waals surface area contributed by atoms with Gasteiger partial charge in [-0.1, -0.05) is 50.6 Å². The van der Waals surface area contributed by atoms with Gasteiger partial charge in [-0.3, -0.25) is 0 Å². The second-order valence-corrected chi connectivity index (χ2v) is 4.75. The maximum absolute atomic E-state index is 6.12. The van der Waals surface area contributed by atoms with Gasteiger partial charge in [-0.15, -0.1) is 0 Å². The molecule has 1 aromatic carbocycles. The third-order valence-electron chi connectivity index (χ3n) is 2.37. The van der Waals surface area contributed by atoms with E-state index in [4.69, 9.17) is 5.73 Å². The molecule has 0 aromatic heterocycles. The molecule has 13 heavy (non-hydrogen) atoms. The molecule has 0 spiro atoms. The molecule has 0 aliphatic carbocycles. The summed E-state index contributed by atoms with van der Waals surface area (Å²) >= 11 is 0. The first kappa shape index (κ1) is 10.3. The van der Waals surface area contributed by atoms with Crippen molar-refractivity contribution in [3.05, 3.63) is 35.4 Å². The summed E-state index contributed by atoms with van der Waals surface area (Å²) in [5.74, 6) is 0. The minimum Gasteiger partial charge on any atom is -0.324 e. The van der Waals surface area contributed by atoms with Crippen molar-refractivity contribution in [3.63, 3.8) is 0 Å². The fourth-order valence-corrected chi connectivity index (χ4v) is 1.27. The molecule has 0 aliphatic heterocycles. The van der Waals surface area contributed by atoms with Crippen LogP contribution in [0.5, 0.6) is 0 Å². The van der Waals surface area contributed by atoms with E-state index in [2.05, 4.69) is 52.0 Å². The van der Waals surface area contributed by atoms with Crippen molar-refractivity contribution in [2.75, 3.05) is 0 Å². The first-order valence-corrected chi connectivity index (χ1v) is 4.73. The van der Waals surface area contributed by atoms with E-state index in [-0.39, 0.29) is 11.5 Å². The van der Waals surface area contributed by atoms with Gasteiger partial charge in [-0.2, -0.15) is 0 Å². The molecule has 2 N–H and O–H groups in total. The summed E-state index contributed by atoms with van der Waals surface area (Å²) < 4.78 is 0. The molecule has 1 atom stereocenters. The predicted octanol–water partition coefficient (Wildman–Crippen LogP) is 3.04. The van der Waals surface area contributed by atoms with E-state index in [9.17, 15) is 0 Å². The van der Waals surface area contributed by atoms with Crippen molar-refractivity contribution in [3.8, 4) is 0 Å². The molecule has 1 aromatic rings. The van der Waals surface area contributed by atoms with E-state index >= 15 is 0 Å². The molecule has 0 bridgehead atoms. The molecule has 0 saturated carbocycles. The zero-order valence-corrected chi connectivity index (χ0v) is 8.96. The van der Waals surface area contributed by atoms with E-state index < -0.39 is 0 Å². The van der Waals surface area contributed by atoms with Gasteiger partial charge >= 0.3 is 0 Å². The van der Waals surface area contributed by atoms with Crippen LogP contribution in [0.3, 0.4) is 0 Å². The van der Waals surface area contributed by atoms with Crippen LogP contribution < -0.4 is 5.73 Å². The SMILES string of the molecule is Cc1ccc(C(N)C(C)(C)C)cc1. The average Bonchev–Trinajstić information content (AvgIpc) is 2.03. The highest BCUT2D eigenvalue weighted by atomic mass is 14.7. The third kappa shape index (κ3) is 2.56. The molecule has 0 amide bonds. The smallest absolute Gasteiger partial charge is 0.0344 e. The Hall–Kier alpha value is -0.820. The quantitative estimate of drug-likeness (QED) is 0.701. The van der Waals surface area contributed by atoms with Crippen LogP contribution in [0, 0.1) is 12.3 Å². The van der Waals surface area contributed by atoms with Gasteiger partial charge in [0.1, 0.15) is 0 Å². The second kappa shape index (κ2) is 3.51. The Morgan fingerprint density at radius 2 is 1.54 bits per heavy atom. The van der Waals surface area contributed by atoms with Gasteiger partial charge in [-0.25, -0.2) is 0 Å². The third-order valence-corrected chi connectivity index (χ3v) is 2.37. The normalized spacial score (nSPS) is 14.2. The second-order valence-electron chi connectivity index (χ2n) is 4.75. The molecule has 0 aliphatic rings. The Morgan fingerprint density at radius 3 is 1.92 bits per heavy atom. The van der Waals surface area contributed by atoms with Gasteiger partial charge in [0.2, 0.25) is 0 Å². The highest BCUT2D eigenvalue weighted by molar-refractivity contribution is 5.24. The van der Waals surface area contributed by atoms with Crippen molar-refractivity contribution in [1.29, 1.82) is 0 Å². The molecule has 1 unspecified atom stereocenters. The lowest BCUT2D eigenvalue weighted by atomic mass is 9.83. The van der Waals surface area contributed by atoms with Gasteiger partial charge in [-0.05, 0) is 17.9 Å². The van der Waals surface area contributed by atoms with Crippen LogP contribution in [0.15, 0.2) is 24.3 Å². The molecule has 0 saturated heterocycles. The largest absolute Gasteiger partial charge is 0.324 e. The summed E-state index contributed by atoms with van der Waals surface area (Å²) in [4.78, 5) is 0. The fourth-order valence-electron chi connectivity index (χ4n) is 1.27. The lowest BCUT2D eigenvalue weighted by Crippen LogP contribution is -2.26. The zero-order chi connectivity index (χ0) is 10.1. The molecule has 0 fully saturated rings. The van der Waals surface area contributed by atoms with Crippen LogP contribution >= 0.6 is 0 Å². The van der Waals surface area contributed by atoms with E-state index in [1.165, 1.54) is 11.1 Å². The highest BCUT2D eigenvalue weighted by Gasteiger charge is 2.21. The van der Waals surface area contributed by atoms with Crippen molar-refractivity contribution in [2.45, 2.75) is 33.7 Å². The zero-order valence-electron chi connectivity index (χ0n) is 8.96. The van der Waals surface area contributed by atoms with Crippen molar-refractivity contribution < 1.29 is 0 Å². The van der Waals surface area contributed by atoms with Crippen LogP contribution in [-0.2, 0) is 0 Å². The molecule has 0 radical (unpaired) electrons. The standard InChI is InChI=1S/C12H19N/c1-9-5-7-10(8-6-9)11(13)12(2,3)4/h5-8,11H,13H2,1-4H3. The van der Waals surface area contributed by atoms with E-state index in [0.29, 0.717) is 0 Å². The summed E-state index contributed by atoms with van der Waals surface area (Å²) in [6.07, 6.45) is 0. The van der Waals surface area contributed by atoms with Gasteiger partial charge in [0.25, 0.3) is 0 Å². The summed E-state index contributed by atoms with van der Waals surface area (Å²) in [7, 11) is 0. The van der Waals surface area contributed by atoms with E-state index in [0.717, 1.165) is 0 Å². The monoisotopic (exact) mass is 177 g/mol. The summed E-state index contributed by atoms with van der Waals surface area (Å²) in [5.41, 5.74) is 8.76. The van der Waals surface area contributed by atoms with Gasteiger partial charge in [0.15, 0.2) is 0 Å². The van der Waals surface area contributed by atoms with Crippen molar-refractivity contribution >= 4 is 0 Å². The van der Waals surface area contributed by atoms with Gasteiger partial charge < -0.3 is 5.73 Å². The van der Waals surface area contributed by atoms with E-state index in [1.807, 2.05) is 0 Å². The number of rotatable bonds is 1. The number of hydrogen-bond donors (Lipinski definition) is 1. The Balaban J connectivity index is 2.90. The van der Waals surface area contributed by atoms with Crippen molar-refractivity contribution in [1.82, 2.24) is 0 Å². The minimum absolute atomic E-state index is 0.119. The first-order valence-electron chi connectivity index (χ1n) is 4.73. The molecule has 1 nitrogen and oxygen atoms in total. The minimum atomic E-state index is 0.119. The Labute approximate surface area is 81.0 Å². The molecule has 72 valence electrons. The van der Waals surface area contributed by atoms with E-state index in [1.54, 1.807) is 0 Å². The Kier molecular flexibility index (Phi) is 2.77. The van der Waals surface area contributed by atoms with Crippen LogP contribution in [0.1, 0.15) is 37.9 Å².